The molecule has 0 fully saturated rings. The van der Waals surface area contributed by atoms with Gasteiger partial charge >= 0.3 is 17.9 Å². The number of carbonyl (C=O) groups is 3. The van der Waals surface area contributed by atoms with Crippen molar-refractivity contribution in [1.29, 1.82) is 0 Å². The highest BCUT2D eigenvalue weighted by Gasteiger charge is 2.19. The molecule has 6 nitrogen and oxygen atoms in total. The molecule has 0 saturated carbocycles. The SMILES string of the molecule is CC/C=C\C/C=C\C/C=C\CCCCCCCCCCCC(=O)OCC(COC(=O)C/C=C\C/C=C\C/C=C\CC)OC(=O)CCCCCC/C=C\C/C=C\C/C=C\CC. The number of carbonyl (C=O) groups excluding carboxylic acids is 3. The van der Waals surface area contributed by atoms with Gasteiger partial charge in [0.05, 0.1) is 6.42 Å². The van der Waals surface area contributed by atoms with Gasteiger partial charge in [0.15, 0.2) is 6.10 Å². The molecular weight excluding hydrogens is 745 g/mol. The van der Waals surface area contributed by atoms with Gasteiger partial charge in [-0.05, 0) is 96.3 Å². The zero-order chi connectivity index (χ0) is 43.7. The summed E-state index contributed by atoms with van der Waals surface area (Å²) in [5, 5.41) is 0. The van der Waals surface area contributed by atoms with Crippen LogP contribution in [0.25, 0.3) is 0 Å². The normalized spacial score (nSPS) is 13.1. The first-order chi connectivity index (χ1) is 29.5. The van der Waals surface area contributed by atoms with E-state index < -0.39 is 12.1 Å². The lowest BCUT2D eigenvalue weighted by molar-refractivity contribution is -0.166. The summed E-state index contributed by atoms with van der Waals surface area (Å²) >= 11 is 0. The van der Waals surface area contributed by atoms with Crippen LogP contribution in [0.2, 0.25) is 0 Å². The summed E-state index contributed by atoms with van der Waals surface area (Å²) in [6.07, 6.45) is 64.0. The topological polar surface area (TPSA) is 78.9 Å². The molecule has 6 heteroatoms. The molecule has 0 aliphatic carbocycles. The average Bonchev–Trinajstić information content (AvgIpc) is 3.24. The predicted octanol–water partition coefficient (Wildman–Crippen LogP) is 15.6. The van der Waals surface area contributed by atoms with E-state index in [1.807, 2.05) is 6.08 Å². The molecular formula is C54H86O6. The second kappa shape index (κ2) is 47.7. The maximum atomic E-state index is 12.7. The van der Waals surface area contributed by atoms with E-state index in [0.29, 0.717) is 6.42 Å². The highest BCUT2D eigenvalue weighted by molar-refractivity contribution is 5.72. The van der Waals surface area contributed by atoms with Crippen LogP contribution in [0.5, 0.6) is 0 Å². The summed E-state index contributed by atoms with van der Waals surface area (Å²) in [6.45, 7) is 6.15. The minimum Gasteiger partial charge on any atom is -0.462 e. The van der Waals surface area contributed by atoms with E-state index in [1.54, 1.807) is 6.08 Å². The molecule has 1 atom stereocenters. The van der Waals surface area contributed by atoms with Crippen LogP contribution in [0.1, 0.15) is 194 Å². The van der Waals surface area contributed by atoms with Crippen molar-refractivity contribution in [2.45, 2.75) is 200 Å². The Kier molecular flexibility index (Phi) is 44.6. The maximum Gasteiger partial charge on any atom is 0.309 e. The van der Waals surface area contributed by atoms with E-state index in [2.05, 4.69) is 118 Å². The summed E-state index contributed by atoms with van der Waals surface area (Å²) in [6, 6.07) is 0. The lowest BCUT2D eigenvalue weighted by Gasteiger charge is -2.18. The second-order valence-corrected chi connectivity index (χ2v) is 15.2. The Hall–Kier alpha value is -3.93. The first-order valence-electron chi connectivity index (χ1n) is 23.9. The first-order valence-corrected chi connectivity index (χ1v) is 23.9. The van der Waals surface area contributed by atoms with Crippen LogP contribution < -0.4 is 0 Å². The number of ether oxygens (including phenoxy) is 3. The molecule has 0 aliphatic heterocycles. The zero-order valence-corrected chi connectivity index (χ0v) is 38.4. The van der Waals surface area contributed by atoms with Gasteiger partial charge in [-0.1, -0.05) is 188 Å². The van der Waals surface area contributed by atoms with Gasteiger partial charge in [0.2, 0.25) is 0 Å². The van der Waals surface area contributed by atoms with E-state index in [-0.39, 0.29) is 38.0 Å². The van der Waals surface area contributed by atoms with Crippen LogP contribution in [0.3, 0.4) is 0 Å². The van der Waals surface area contributed by atoms with Crippen LogP contribution in [0.15, 0.2) is 109 Å². The number of unbranched alkanes of at least 4 members (excludes halogenated alkanes) is 13. The summed E-state index contributed by atoms with van der Waals surface area (Å²) in [4.78, 5) is 37.7. The van der Waals surface area contributed by atoms with Crippen molar-refractivity contribution in [1.82, 2.24) is 0 Å². The Morgan fingerprint density at radius 2 is 0.667 bits per heavy atom. The Morgan fingerprint density at radius 1 is 0.350 bits per heavy atom. The van der Waals surface area contributed by atoms with Crippen LogP contribution in [-0.2, 0) is 28.6 Å². The third-order valence-electron chi connectivity index (χ3n) is 9.54. The molecule has 0 amide bonds. The molecule has 0 aromatic carbocycles. The van der Waals surface area contributed by atoms with Crippen molar-refractivity contribution in [2.75, 3.05) is 13.2 Å². The molecule has 0 N–H and O–H groups in total. The summed E-state index contributed by atoms with van der Waals surface area (Å²) < 4.78 is 16.6. The van der Waals surface area contributed by atoms with E-state index >= 15 is 0 Å². The van der Waals surface area contributed by atoms with E-state index in [0.717, 1.165) is 116 Å². The Balaban J connectivity index is 4.42. The molecule has 60 heavy (non-hydrogen) atoms. The Labute approximate surface area is 368 Å². The fraction of sp³-hybridized carbons (Fsp3) is 0.611. The minimum absolute atomic E-state index is 0.119. The quantitative estimate of drug-likeness (QED) is 0.0264. The van der Waals surface area contributed by atoms with Crippen LogP contribution in [0, 0.1) is 0 Å². The largest absolute Gasteiger partial charge is 0.462 e. The summed E-state index contributed by atoms with van der Waals surface area (Å²) in [5.74, 6) is -1.09. The average molecular weight is 831 g/mol. The van der Waals surface area contributed by atoms with Gasteiger partial charge in [-0.2, -0.15) is 0 Å². The molecule has 0 saturated heterocycles. The Bertz CT molecular complexity index is 1280. The third-order valence-corrected chi connectivity index (χ3v) is 9.54. The highest BCUT2D eigenvalue weighted by Crippen LogP contribution is 2.13. The molecule has 0 aromatic rings. The van der Waals surface area contributed by atoms with Crippen molar-refractivity contribution in [2.24, 2.45) is 0 Å². The van der Waals surface area contributed by atoms with Crippen molar-refractivity contribution in [3.63, 3.8) is 0 Å². The van der Waals surface area contributed by atoms with Gasteiger partial charge in [0.25, 0.3) is 0 Å². The fourth-order valence-corrected chi connectivity index (χ4v) is 6.06. The second-order valence-electron chi connectivity index (χ2n) is 15.2. The predicted molar refractivity (Wildman–Crippen MR) is 256 cm³/mol. The molecule has 338 valence electrons. The van der Waals surface area contributed by atoms with Gasteiger partial charge < -0.3 is 14.2 Å². The lowest BCUT2D eigenvalue weighted by atomic mass is 10.1. The maximum absolute atomic E-state index is 12.7. The summed E-state index contributed by atoms with van der Waals surface area (Å²) in [7, 11) is 0. The molecule has 1 unspecified atom stereocenters. The van der Waals surface area contributed by atoms with Gasteiger partial charge in [-0.25, -0.2) is 0 Å². The van der Waals surface area contributed by atoms with Crippen molar-refractivity contribution >= 4 is 17.9 Å². The van der Waals surface area contributed by atoms with E-state index in [4.69, 9.17) is 14.2 Å². The molecule has 0 aromatic heterocycles. The first kappa shape index (κ1) is 56.1. The van der Waals surface area contributed by atoms with E-state index in [9.17, 15) is 14.4 Å². The Morgan fingerprint density at radius 3 is 1.08 bits per heavy atom. The van der Waals surface area contributed by atoms with Crippen LogP contribution in [0.4, 0.5) is 0 Å². The smallest absolute Gasteiger partial charge is 0.309 e. The number of esters is 3. The van der Waals surface area contributed by atoms with E-state index in [1.165, 1.54) is 38.5 Å². The van der Waals surface area contributed by atoms with Crippen molar-refractivity contribution < 1.29 is 28.6 Å². The zero-order valence-electron chi connectivity index (χ0n) is 38.4. The molecule has 0 rings (SSSR count). The molecule has 0 aliphatic rings. The standard InChI is InChI=1S/C54H86O6/c1-4-7-10-13-16-19-21-23-25-26-27-28-29-31-32-35-38-41-44-47-53(56)59-50-51(49-58-52(55)46-43-40-37-34-18-15-12-9-6-3)60-54(57)48-45-42-39-36-33-30-24-22-20-17-14-11-8-5-2/h7-12,16-20,23-25,30,34,40,43,51H,4-6,13-15,21-22,26-29,31-33,35-39,41-42,44-50H2,1-3H3/b10-7-,11-8-,12-9-,19-16-,20-17-,25-23-,30-24-,34-18-,43-40-. The van der Waals surface area contributed by atoms with Crippen LogP contribution >= 0.6 is 0 Å². The molecule has 0 heterocycles. The molecule has 0 radical (unpaired) electrons. The molecule has 0 bridgehead atoms. The third kappa shape index (κ3) is 45.2. The van der Waals surface area contributed by atoms with Gasteiger partial charge in [0, 0.05) is 12.8 Å². The van der Waals surface area contributed by atoms with Gasteiger partial charge in [0.1, 0.15) is 13.2 Å². The number of hydrogen-bond acceptors (Lipinski definition) is 6. The van der Waals surface area contributed by atoms with Crippen molar-refractivity contribution in [3.05, 3.63) is 109 Å². The lowest BCUT2D eigenvalue weighted by Crippen LogP contribution is -2.30. The monoisotopic (exact) mass is 831 g/mol. The number of rotatable bonds is 41. The van der Waals surface area contributed by atoms with Crippen molar-refractivity contribution in [3.8, 4) is 0 Å². The fourth-order valence-electron chi connectivity index (χ4n) is 6.06. The highest BCUT2D eigenvalue weighted by atomic mass is 16.6. The molecule has 0 spiro atoms. The van der Waals surface area contributed by atoms with Crippen LogP contribution in [-0.4, -0.2) is 37.2 Å². The van der Waals surface area contributed by atoms with Gasteiger partial charge in [-0.3, -0.25) is 14.4 Å². The summed E-state index contributed by atoms with van der Waals surface area (Å²) in [5.41, 5.74) is 0. The number of allylic oxidation sites excluding steroid dienone is 17. The number of hydrogen-bond donors (Lipinski definition) is 0. The van der Waals surface area contributed by atoms with Gasteiger partial charge in [-0.15, -0.1) is 0 Å². The minimum atomic E-state index is -0.827.